The van der Waals surface area contributed by atoms with E-state index in [0.717, 1.165) is 29.4 Å². The monoisotopic (exact) mass is 307 g/mol. The molecule has 0 aliphatic carbocycles. The zero-order chi connectivity index (χ0) is 14.4. The minimum absolute atomic E-state index is 0.558. The Morgan fingerprint density at radius 1 is 0.800 bits per heavy atom. The molecule has 0 bridgehead atoms. The summed E-state index contributed by atoms with van der Waals surface area (Å²) >= 11 is 11.9. The Balaban J connectivity index is 2.02. The Labute approximate surface area is 130 Å². The minimum atomic E-state index is 0.558. The van der Waals surface area contributed by atoms with Crippen LogP contribution in [0.5, 0.6) is 0 Å². The van der Waals surface area contributed by atoms with Crippen LogP contribution >= 0.6 is 23.2 Å². The number of benzene rings is 2. The lowest BCUT2D eigenvalue weighted by Gasteiger charge is -2.17. The molecule has 0 unspecified atom stereocenters. The van der Waals surface area contributed by atoms with Crippen molar-refractivity contribution in [2.75, 3.05) is 13.6 Å². The van der Waals surface area contributed by atoms with Gasteiger partial charge in [-0.25, -0.2) is 0 Å². The van der Waals surface area contributed by atoms with Crippen LogP contribution in [0.15, 0.2) is 48.5 Å². The Morgan fingerprint density at radius 2 is 1.20 bits per heavy atom. The summed E-state index contributed by atoms with van der Waals surface area (Å²) in [6.07, 6.45) is 2.08. The molecule has 1 nitrogen and oxygen atoms in total. The predicted molar refractivity (Wildman–Crippen MR) is 87.7 cm³/mol. The van der Waals surface area contributed by atoms with E-state index in [0.29, 0.717) is 5.92 Å². The second kappa shape index (κ2) is 7.68. The van der Waals surface area contributed by atoms with Gasteiger partial charge in [0.2, 0.25) is 0 Å². The number of halogens is 2. The molecule has 106 valence electrons. The van der Waals surface area contributed by atoms with Crippen LogP contribution in [0.2, 0.25) is 10.0 Å². The third-order valence-corrected chi connectivity index (χ3v) is 3.87. The third kappa shape index (κ3) is 4.82. The lowest BCUT2D eigenvalue weighted by molar-refractivity contribution is 0.493. The maximum atomic E-state index is 5.93. The first kappa shape index (κ1) is 15.4. The molecule has 2 aromatic rings. The van der Waals surface area contributed by atoms with E-state index in [9.17, 15) is 0 Å². The van der Waals surface area contributed by atoms with Crippen LogP contribution in [0.3, 0.4) is 0 Å². The second-order valence-corrected chi connectivity index (χ2v) is 5.96. The van der Waals surface area contributed by atoms with Gasteiger partial charge in [0.25, 0.3) is 0 Å². The molecule has 2 rings (SSSR count). The minimum Gasteiger partial charge on any atom is -0.319 e. The van der Waals surface area contributed by atoms with E-state index in [1.807, 2.05) is 31.3 Å². The van der Waals surface area contributed by atoms with Crippen LogP contribution in [-0.2, 0) is 12.8 Å². The molecule has 0 atom stereocenters. The molecule has 0 saturated carbocycles. The van der Waals surface area contributed by atoms with Crippen molar-refractivity contribution in [1.29, 1.82) is 0 Å². The van der Waals surface area contributed by atoms with Gasteiger partial charge in [0.1, 0.15) is 0 Å². The molecular weight excluding hydrogens is 289 g/mol. The van der Waals surface area contributed by atoms with Crippen LogP contribution in [0, 0.1) is 5.92 Å². The third-order valence-electron chi connectivity index (χ3n) is 3.37. The van der Waals surface area contributed by atoms with E-state index >= 15 is 0 Å². The molecule has 0 aliphatic rings. The molecule has 0 amide bonds. The van der Waals surface area contributed by atoms with E-state index in [4.69, 9.17) is 23.2 Å². The van der Waals surface area contributed by atoms with Gasteiger partial charge >= 0.3 is 0 Å². The first-order valence-electron chi connectivity index (χ1n) is 6.81. The van der Waals surface area contributed by atoms with Crippen molar-refractivity contribution in [2.24, 2.45) is 5.92 Å². The summed E-state index contributed by atoms with van der Waals surface area (Å²) < 4.78 is 0. The molecule has 0 fully saturated rings. The summed E-state index contributed by atoms with van der Waals surface area (Å²) in [5.41, 5.74) is 2.65. The molecule has 0 radical (unpaired) electrons. The zero-order valence-electron chi connectivity index (χ0n) is 11.6. The predicted octanol–water partition coefficient (Wildman–Crippen LogP) is 4.61. The summed E-state index contributed by atoms with van der Waals surface area (Å²) in [5.74, 6) is 0.558. The molecule has 3 heteroatoms. The lowest BCUT2D eigenvalue weighted by atomic mass is 9.92. The van der Waals surface area contributed by atoms with Gasteiger partial charge in [-0.05, 0) is 67.7 Å². The van der Waals surface area contributed by atoms with E-state index < -0.39 is 0 Å². The molecule has 1 N–H and O–H groups in total. The van der Waals surface area contributed by atoms with E-state index in [2.05, 4.69) is 29.6 Å². The highest BCUT2D eigenvalue weighted by molar-refractivity contribution is 6.30. The Kier molecular flexibility index (Phi) is 5.90. The van der Waals surface area contributed by atoms with Crippen LogP contribution in [0.1, 0.15) is 11.1 Å². The van der Waals surface area contributed by atoms with Gasteiger partial charge in [0, 0.05) is 10.0 Å². The first-order valence-corrected chi connectivity index (χ1v) is 7.56. The summed E-state index contributed by atoms with van der Waals surface area (Å²) in [5, 5.41) is 4.86. The van der Waals surface area contributed by atoms with Gasteiger partial charge in [-0.15, -0.1) is 0 Å². The number of hydrogen-bond acceptors (Lipinski definition) is 1. The summed E-state index contributed by atoms with van der Waals surface area (Å²) in [4.78, 5) is 0. The van der Waals surface area contributed by atoms with Gasteiger partial charge in [-0.2, -0.15) is 0 Å². The molecule has 0 aliphatic heterocycles. The normalized spacial score (nSPS) is 11.0. The van der Waals surface area contributed by atoms with Crippen molar-refractivity contribution >= 4 is 23.2 Å². The number of nitrogens with one attached hydrogen (secondary N) is 1. The van der Waals surface area contributed by atoms with Crippen LogP contribution < -0.4 is 5.32 Å². The standard InChI is InChI=1S/C17H19Cl2N/c1-20-12-15(10-13-2-6-16(18)7-3-13)11-14-4-8-17(19)9-5-14/h2-9,15,20H,10-12H2,1H3. The largest absolute Gasteiger partial charge is 0.319 e. The summed E-state index contributed by atoms with van der Waals surface area (Å²) in [6.45, 7) is 0.991. The van der Waals surface area contributed by atoms with Crippen molar-refractivity contribution in [3.05, 3.63) is 69.7 Å². The number of hydrogen-bond donors (Lipinski definition) is 1. The SMILES string of the molecule is CNCC(Cc1ccc(Cl)cc1)Cc1ccc(Cl)cc1. The van der Waals surface area contributed by atoms with Gasteiger partial charge in [0.15, 0.2) is 0 Å². The Morgan fingerprint density at radius 3 is 1.55 bits per heavy atom. The number of rotatable bonds is 6. The fourth-order valence-electron chi connectivity index (χ4n) is 2.41. The van der Waals surface area contributed by atoms with Crippen LogP contribution in [0.4, 0.5) is 0 Å². The molecule has 0 saturated heterocycles. The smallest absolute Gasteiger partial charge is 0.0406 e. The summed E-state index contributed by atoms with van der Waals surface area (Å²) in [6, 6.07) is 16.2. The van der Waals surface area contributed by atoms with Crippen molar-refractivity contribution in [2.45, 2.75) is 12.8 Å². The Bertz CT molecular complexity index is 472. The second-order valence-electron chi connectivity index (χ2n) is 5.08. The topological polar surface area (TPSA) is 12.0 Å². The van der Waals surface area contributed by atoms with E-state index in [1.165, 1.54) is 11.1 Å². The molecule has 20 heavy (non-hydrogen) atoms. The van der Waals surface area contributed by atoms with Gasteiger partial charge in [-0.1, -0.05) is 47.5 Å². The fourth-order valence-corrected chi connectivity index (χ4v) is 2.66. The zero-order valence-corrected chi connectivity index (χ0v) is 13.1. The first-order chi connectivity index (χ1) is 9.67. The fraction of sp³-hybridized carbons (Fsp3) is 0.294. The summed E-state index contributed by atoms with van der Waals surface area (Å²) in [7, 11) is 2.00. The van der Waals surface area contributed by atoms with Crippen LogP contribution in [0.25, 0.3) is 0 Å². The average Bonchev–Trinajstić information content (AvgIpc) is 2.44. The van der Waals surface area contributed by atoms with E-state index in [-0.39, 0.29) is 0 Å². The highest BCUT2D eigenvalue weighted by Crippen LogP contribution is 2.18. The highest BCUT2D eigenvalue weighted by atomic mass is 35.5. The molecule has 0 aromatic heterocycles. The van der Waals surface area contributed by atoms with Crippen LogP contribution in [-0.4, -0.2) is 13.6 Å². The molecule has 0 spiro atoms. The maximum Gasteiger partial charge on any atom is 0.0406 e. The van der Waals surface area contributed by atoms with Crippen molar-refractivity contribution in [3.63, 3.8) is 0 Å². The highest BCUT2D eigenvalue weighted by Gasteiger charge is 2.10. The van der Waals surface area contributed by atoms with Crippen molar-refractivity contribution in [3.8, 4) is 0 Å². The Hall–Kier alpha value is -1.02. The van der Waals surface area contributed by atoms with Gasteiger partial charge < -0.3 is 5.32 Å². The molecule has 0 heterocycles. The molecule has 2 aromatic carbocycles. The maximum absolute atomic E-state index is 5.93. The molecular formula is C17H19Cl2N. The average molecular weight is 308 g/mol. The van der Waals surface area contributed by atoms with Crippen molar-refractivity contribution in [1.82, 2.24) is 5.32 Å². The lowest BCUT2D eigenvalue weighted by Crippen LogP contribution is -2.22. The quantitative estimate of drug-likeness (QED) is 0.821. The van der Waals surface area contributed by atoms with Crippen molar-refractivity contribution < 1.29 is 0 Å². The van der Waals surface area contributed by atoms with E-state index in [1.54, 1.807) is 0 Å². The van der Waals surface area contributed by atoms with Gasteiger partial charge in [-0.3, -0.25) is 0 Å². The van der Waals surface area contributed by atoms with Gasteiger partial charge in [0.05, 0.1) is 0 Å².